The second kappa shape index (κ2) is 7.43. The molecular weight excluding hydrogens is 376 g/mol. The van der Waals surface area contributed by atoms with Crippen LogP contribution in [0.5, 0.6) is 0 Å². The SMILES string of the molecule is CCN(C(=O)COC(=O)c1c(C)nn(C)c1Cl)c1nc2ccccc2s1. The van der Waals surface area contributed by atoms with Gasteiger partial charge in [-0.25, -0.2) is 9.78 Å². The van der Waals surface area contributed by atoms with E-state index in [0.29, 0.717) is 17.4 Å². The Morgan fingerprint density at radius 2 is 2.08 bits per heavy atom. The Morgan fingerprint density at radius 3 is 2.69 bits per heavy atom. The first-order valence-electron chi connectivity index (χ1n) is 7.94. The van der Waals surface area contributed by atoms with Crippen LogP contribution in [0.25, 0.3) is 10.2 Å². The molecule has 0 unspecified atom stereocenters. The van der Waals surface area contributed by atoms with Crippen LogP contribution in [0.4, 0.5) is 5.13 Å². The number of aromatic nitrogens is 3. The maximum absolute atomic E-state index is 12.5. The first-order valence-corrected chi connectivity index (χ1v) is 9.14. The van der Waals surface area contributed by atoms with E-state index >= 15 is 0 Å². The smallest absolute Gasteiger partial charge is 0.343 e. The van der Waals surface area contributed by atoms with E-state index < -0.39 is 12.6 Å². The van der Waals surface area contributed by atoms with Crippen LogP contribution in [-0.4, -0.2) is 39.8 Å². The number of hydrogen-bond acceptors (Lipinski definition) is 6. The van der Waals surface area contributed by atoms with E-state index in [-0.39, 0.29) is 16.6 Å². The number of rotatable bonds is 5. The second-order valence-electron chi connectivity index (χ2n) is 5.55. The topological polar surface area (TPSA) is 77.3 Å². The second-order valence-corrected chi connectivity index (χ2v) is 6.92. The van der Waals surface area contributed by atoms with Crippen LogP contribution >= 0.6 is 22.9 Å². The molecule has 0 N–H and O–H groups in total. The number of anilines is 1. The number of aryl methyl sites for hydroxylation is 2. The van der Waals surface area contributed by atoms with Crippen molar-refractivity contribution in [1.29, 1.82) is 0 Å². The van der Waals surface area contributed by atoms with Gasteiger partial charge in [-0.2, -0.15) is 5.10 Å². The molecule has 1 amide bonds. The first-order chi connectivity index (χ1) is 12.4. The van der Waals surface area contributed by atoms with Gasteiger partial charge in [-0.05, 0) is 26.0 Å². The predicted molar refractivity (Wildman–Crippen MR) is 101 cm³/mol. The summed E-state index contributed by atoms with van der Waals surface area (Å²) in [6, 6.07) is 7.65. The van der Waals surface area contributed by atoms with Crippen molar-refractivity contribution in [2.24, 2.45) is 7.05 Å². The number of esters is 1. The number of carbonyl (C=O) groups is 2. The molecule has 1 aromatic carbocycles. The summed E-state index contributed by atoms with van der Waals surface area (Å²) in [7, 11) is 1.63. The van der Waals surface area contributed by atoms with Crippen molar-refractivity contribution >= 4 is 50.2 Å². The molecule has 7 nitrogen and oxygen atoms in total. The molecule has 3 rings (SSSR count). The number of nitrogens with zero attached hydrogens (tertiary/aromatic N) is 4. The van der Waals surface area contributed by atoms with Gasteiger partial charge in [0.2, 0.25) is 0 Å². The average molecular weight is 393 g/mol. The summed E-state index contributed by atoms with van der Waals surface area (Å²) in [5.41, 5.74) is 1.45. The molecule has 0 saturated heterocycles. The lowest BCUT2D eigenvalue weighted by Crippen LogP contribution is -2.34. The lowest BCUT2D eigenvalue weighted by molar-refractivity contribution is -0.121. The minimum absolute atomic E-state index is 0.171. The minimum atomic E-state index is -0.672. The van der Waals surface area contributed by atoms with Gasteiger partial charge in [-0.3, -0.25) is 14.4 Å². The maximum atomic E-state index is 12.5. The zero-order chi connectivity index (χ0) is 18.8. The number of ether oxygens (including phenoxy) is 1. The van der Waals surface area contributed by atoms with Gasteiger partial charge in [0.15, 0.2) is 11.7 Å². The van der Waals surface area contributed by atoms with Crippen LogP contribution in [0.15, 0.2) is 24.3 Å². The van der Waals surface area contributed by atoms with Crippen molar-refractivity contribution in [2.75, 3.05) is 18.1 Å². The number of amides is 1. The fourth-order valence-electron chi connectivity index (χ4n) is 2.53. The third-order valence-electron chi connectivity index (χ3n) is 3.81. The number of thiazole rings is 1. The molecule has 0 bridgehead atoms. The molecule has 0 aliphatic heterocycles. The van der Waals surface area contributed by atoms with Crippen molar-refractivity contribution in [3.8, 4) is 0 Å². The quantitative estimate of drug-likeness (QED) is 0.623. The van der Waals surface area contributed by atoms with Gasteiger partial charge in [0.05, 0.1) is 15.9 Å². The minimum Gasteiger partial charge on any atom is -0.452 e. The number of halogens is 1. The molecule has 0 aliphatic carbocycles. The Hall–Kier alpha value is -2.45. The lowest BCUT2D eigenvalue weighted by Gasteiger charge is -2.17. The van der Waals surface area contributed by atoms with Crippen molar-refractivity contribution in [2.45, 2.75) is 13.8 Å². The Kier molecular flexibility index (Phi) is 5.24. The number of hydrogen-bond donors (Lipinski definition) is 0. The number of para-hydroxylation sites is 1. The maximum Gasteiger partial charge on any atom is 0.343 e. The highest BCUT2D eigenvalue weighted by Gasteiger charge is 2.23. The number of benzene rings is 1. The molecule has 0 fully saturated rings. The lowest BCUT2D eigenvalue weighted by atomic mass is 10.3. The fraction of sp³-hybridized carbons (Fsp3) is 0.294. The zero-order valence-corrected chi connectivity index (χ0v) is 16.1. The normalized spacial score (nSPS) is 10.9. The third-order valence-corrected chi connectivity index (χ3v) is 5.31. The number of likely N-dealkylation sites (N-methyl/N-ethyl adjacent to an activating group) is 1. The van der Waals surface area contributed by atoms with Crippen LogP contribution in [0.1, 0.15) is 23.0 Å². The van der Waals surface area contributed by atoms with Crippen molar-refractivity contribution in [3.63, 3.8) is 0 Å². The van der Waals surface area contributed by atoms with E-state index in [2.05, 4.69) is 10.1 Å². The Balaban J connectivity index is 1.72. The Labute approximate surface area is 159 Å². The molecule has 2 heterocycles. The summed E-state index contributed by atoms with van der Waals surface area (Å²) >= 11 is 7.47. The van der Waals surface area contributed by atoms with Crippen molar-refractivity contribution in [3.05, 3.63) is 40.7 Å². The van der Waals surface area contributed by atoms with Gasteiger partial charge in [-0.1, -0.05) is 35.1 Å². The molecule has 0 atom stereocenters. The van der Waals surface area contributed by atoms with Gasteiger partial charge < -0.3 is 4.74 Å². The van der Waals surface area contributed by atoms with Crippen LogP contribution in [0, 0.1) is 6.92 Å². The van der Waals surface area contributed by atoms with E-state index in [1.807, 2.05) is 31.2 Å². The van der Waals surface area contributed by atoms with Gasteiger partial charge in [0, 0.05) is 13.6 Å². The highest BCUT2D eigenvalue weighted by molar-refractivity contribution is 7.22. The van der Waals surface area contributed by atoms with Crippen LogP contribution < -0.4 is 4.90 Å². The monoisotopic (exact) mass is 392 g/mol. The summed E-state index contributed by atoms with van der Waals surface area (Å²) < 4.78 is 7.53. The fourth-order valence-corrected chi connectivity index (χ4v) is 3.83. The molecule has 9 heteroatoms. The molecule has 0 aliphatic rings. The van der Waals surface area contributed by atoms with Gasteiger partial charge in [0.25, 0.3) is 5.91 Å². The Bertz CT molecular complexity index is 949. The third kappa shape index (κ3) is 3.42. The largest absolute Gasteiger partial charge is 0.452 e. The molecule has 0 spiro atoms. The zero-order valence-electron chi connectivity index (χ0n) is 14.5. The van der Waals surface area contributed by atoms with Gasteiger partial charge in [0.1, 0.15) is 10.7 Å². The van der Waals surface area contributed by atoms with Crippen LogP contribution in [0.3, 0.4) is 0 Å². The van der Waals surface area contributed by atoms with Crippen molar-refractivity contribution in [1.82, 2.24) is 14.8 Å². The number of carbonyl (C=O) groups excluding carboxylic acids is 2. The van der Waals surface area contributed by atoms with Crippen LogP contribution in [-0.2, 0) is 16.6 Å². The van der Waals surface area contributed by atoms with Crippen molar-refractivity contribution < 1.29 is 14.3 Å². The van der Waals surface area contributed by atoms with E-state index in [0.717, 1.165) is 10.2 Å². The molecule has 0 saturated carbocycles. The summed E-state index contributed by atoms with van der Waals surface area (Å²) in [5.74, 6) is -1.02. The molecule has 3 aromatic rings. The van der Waals surface area contributed by atoms with E-state index in [1.54, 1.807) is 14.0 Å². The molecule has 136 valence electrons. The average Bonchev–Trinajstić information content (AvgIpc) is 3.14. The standard InChI is InChI=1S/C17H17ClN4O3S/c1-4-22(17-19-11-7-5-6-8-12(11)26-17)13(23)9-25-16(24)14-10(2)20-21(3)15(14)18/h5-8H,4,9H2,1-3H3. The van der Waals surface area contributed by atoms with Crippen LogP contribution in [0.2, 0.25) is 5.15 Å². The van der Waals surface area contributed by atoms with E-state index in [1.165, 1.54) is 20.9 Å². The molecular formula is C17H17ClN4O3S. The highest BCUT2D eigenvalue weighted by Crippen LogP contribution is 2.28. The summed E-state index contributed by atoms with van der Waals surface area (Å²) in [6.45, 7) is 3.52. The van der Waals surface area contributed by atoms with E-state index in [4.69, 9.17) is 16.3 Å². The van der Waals surface area contributed by atoms with E-state index in [9.17, 15) is 9.59 Å². The molecule has 2 aromatic heterocycles. The molecule has 26 heavy (non-hydrogen) atoms. The Morgan fingerprint density at radius 1 is 1.35 bits per heavy atom. The van der Waals surface area contributed by atoms with Gasteiger partial charge >= 0.3 is 5.97 Å². The number of fused-ring (bicyclic) bond motifs is 1. The predicted octanol–water partition coefficient (Wildman–Crippen LogP) is 3.20. The summed E-state index contributed by atoms with van der Waals surface area (Å²) in [4.78, 5) is 30.7. The van der Waals surface area contributed by atoms with Gasteiger partial charge in [-0.15, -0.1) is 0 Å². The summed E-state index contributed by atoms with van der Waals surface area (Å²) in [6.07, 6.45) is 0. The summed E-state index contributed by atoms with van der Waals surface area (Å²) in [5, 5.41) is 4.82. The highest BCUT2D eigenvalue weighted by atomic mass is 35.5. The first kappa shape index (κ1) is 18.3. The molecule has 0 radical (unpaired) electrons.